The first-order valence-corrected chi connectivity index (χ1v) is 7.11. The lowest BCUT2D eigenvalue weighted by Gasteiger charge is -2.17. The van der Waals surface area contributed by atoms with E-state index in [-0.39, 0.29) is 6.10 Å². The van der Waals surface area contributed by atoms with Gasteiger partial charge >= 0.3 is 0 Å². The van der Waals surface area contributed by atoms with Crippen molar-refractivity contribution in [1.82, 2.24) is 5.32 Å². The van der Waals surface area contributed by atoms with Crippen molar-refractivity contribution < 1.29 is 5.11 Å². The predicted octanol–water partition coefficient (Wildman–Crippen LogP) is 3.65. The second-order valence-electron chi connectivity index (χ2n) is 5.09. The summed E-state index contributed by atoms with van der Waals surface area (Å²) in [6, 6.07) is 15.2. The van der Waals surface area contributed by atoms with Gasteiger partial charge < -0.3 is 10.4 Å². The molecule has 2 aromatic carbocycles. The molecule has 2 aromatic rings. The number of rotatable bonds is 6. The highest BCUT2D eigenvalue weighted by Crippen LogP contribution is 2.23. The number of hydrogen-bond donors (Lipinski definition) is 2. The predicted molar refractivity (Wildman–Crippen MR) is 81.3 cm³/mol. The van der Waals surface area contributed by atoms with Crippen LogP contribution in [0.5, 0.6) is 0 Å². The highest BCUT2D eigenvalue weighted by molar-refractivity contribution is 5.86. The SMILES string of the molecule is CCC(O)CCNC(C)c1cccc2ccccc12. The molecule has 2 atom stereocenters. The Labute approximate surface area is 115 Å². The molecule has 0 saturated heterocycles. The van der Waals surface area contributed by atoms with E-state index in [9.17, 15) is 5.11 Å². The maximum Gasteiger partial charge on any atom is 0.0549 e. The lowest BCUT2D eigenvalue weighted by molar-refractivity contribution is 0.159. The maximum absolute atomic E-state index is 9.57. The van der Waals surface area contributed by atoms with Gasteiger partial charge in [0.15, 0.2) is 0 Å². The van der Waals surface area contributed by atoms with Crippen molar-refractivity contribution in [2.45, 2.75) is 38.8 Å². The number of nitrogens with one attached hydrogen (secondary N) is 1. The van der Waals surface area contributed by atoms with E-state index in [2.05, 4.69) is 54.7 Å². The number of aliphatic hydroxyl groups is 1. The summed E-state index contributed by atoms with van der Waals surface area (Å²) < 4.78 is 0. The molecule has 2 N–H and O–H groups in total. The molecule has 0 spiro atoms. The van der Waals surface area contributed by atoms with E-state index in [1.165, 1.54) is 16.3 Å². The topological polar surface area (TPSA) is 32.3 Å². The fraction of sp³-hybridized carbons (Fsp3) is 0.412. The van der Waals surface area contributed by atoms with Gasteiger partial charge in [0.25, 0.3) is 0 Å². The summed E-state index contributed by atoms with van der Waals surface area (Å²) in [5.74, 6) is 0. The highest BCUT2D eigenvalue weighted by Gasteiger charge is 2.09. The molecule has 0 fully saturated rings. The second-order valence-corrected chi connectivity index (χ2v) is 5.09. The van der Waals surface area contributed by atoms with Crippen LogP contribution in [0.4, 0.5) is 0 Å². The molecule has 0 bridgehead atoms. The van der Waals surface area contributed by atoms with Crippen molar-refractivity contribution in [2.24, 2.45) is 0 Å². The quantitative estimate of drug-likeness (QED) is 0.828. The van der Waals surface area contributed by atoms with Gasteiger partial charge in [0.05, 0.1) is 6.10 Å². The lowest BCUT2D eigenvalue weighted by Crippen LogP contribution is -2.23. The Morgan fingerprint density at radius 2 is 1.84 bits per heavy atom. The Morgan fingerprint density at radius 1 is 1.11 bits per heavy atom. The number of hydrogen-bond acceptors (Lipinski definition) is 2. The van der Waals surface area contributed by atoms with Crippen LogP contribution >= 0.6 is 0 Å². The second kappa shape index (κ2) is 6.69. The van der Waals surface area contributed by atoms with Gasteiger partial charge in [-0.25, -0.2) is 0 Å². The minimum Gasteiger partial charge on any atom is -0.393 e. The first-order valence-electron chi connectivity index (χ1n) is 7.11. The van der Waals surface area contributed by atoms with Crippen molar-refractivity contribution >= 4 is 10.8 Å². The summed E-state index contributed by atoms with van der Waals surface area (Å²) in [7, 11) is 0. The summed E-state index contributed by atoms with van der Waals surface area (Å²) in [4.78, 5) is 0. The van der Waals surface area contributed by atoms with Gasteiger partial charge in [0.1, 0.15) is 0 Å². The fourth-order valence-electron chi connectivity index (χ4n) is 2.41. The molecule has 2 nitrogen and oxygen atoms in total. The summed E-state index contributed by atoms with van der Waals surface area (Å²) in [5.41, 5.74) is 1.32. The van der Waals surface area contributed by atoms with Gasteiger partial charge in [-0.05, 0) is 42.6 Å². The van der Waals surface area contributed by atoms with Crippen molar-refractivity contribution in [3.63, 3.8) is 0 Å². The minimum absolute atomic E-state index is 0.188. The van der Waals surface area contributed by atoms with Crippen LogP contribution in [-0.2, 0) is 0 Å². The molecule has 0 aliphatic heterocycles. The maximum atomic E-state index is 9.57. The largest absolute Gasteiger partial charge is 0.393 e. The molecule has 0 saturated carbocycles. The van der Waals surface area contributed by atoms with Crippen LogP contribution in [0.3, 0.4) is 0 Å². The molecular formula is C17H23NO. The molecule has 0 aliphatic rings. The van der Waals surface area contributed by atoms with Gasteiger partial charge in [-0.3, -0.25) is 0 Å². The Kier molecular flexibility index (Phi) is 4.94. The van der Waals surface area contributed by atoms with Crippen LogP contribution in [0.15, 0.2) is 42.5 Å². The van der Waals surface area contributed by atoms with Crippen LogP contribution in [0.25, 0.3) is 10.8 Å². The molecule has 102 valence electrons. The summed E-state index contributed by atoms with van der Waals surface area (Å²) in [5, 5.41) is 15.7. The first kappa shape index (κ1) is 14.0. The summed E-state index contributed by atoms with van der Waals surface area (Å²) in [6.45, 7) is 5.04. The molecule has 2 heteroatoms. The smallest absolute Gasteiger partial charge is 0.0549 e. The molecule has 0 radical (unpaired) electrons. The number of benzene rings is 2. The number of aliphatic hydroxyl groups excluding tert-OH is 1. The highest BCUT2D eigenvalue weighted by atomic mass is 16.3. The standard InChI is InChI=1S/C17H23NO/c1-3-15(19)11-12-18-13(2)16-10-6-8-14-7-4-5-9-17(14)16/h4-10,13,15,18-19H,3,11-12H2,1-2H3. The zero-order chi connectivity index (χ0) is 13.7. The zero-order valence-corrected chi connectivity index (χ0v) is 11.8. The minimum atomic E-state index is -0.188. The Hall–Kier alpha value is -1.38. The summed E-state index contributed by atoms with van der Waals surface area (Å²) in [6.07, 6.45) is 1.45. The van der Waals surface area contributed by atoms with Crippen LogP contribution in [0.1, 0.15) is 38.3 Å². The molecule has 0 aromatic heterocycles. The van der Waals surface area contributed by atoms with Crippen molar-refractivity contribution in [3.05, 3.63) is 48.0 Å². The fourth-order valence-corrected chi connectivity index (χ4v) is 2.41. The van der Waals surface area contributed by atoms with Crippen molar-refractivity contribution in [2.75, 3.05) is 6.54 Å². The molecule has 0 heterocycles. The Morgan fingerprint density at radius 3 is 2.63 bits per heavy atom. The van der Waals surface area contributed by atoms with Gasteiger partial charge in [0.2, 0.25) is 0 Å². The van der Waals surface area contributed by atoms with E-state index in [1.807, 2.05) is 6.92 Å². The Balaban J connectivity index is 2.07. The first-order chi connectivity index (χ1) is 9.22. The van der Waals surface area contributed by atoms with Crippen LogP contribution < -0.4 is 5.32 Å². The van der Waals surface area contributed by atoms with E-state index in [0.29, 0.717) is 6.04 Å². The average molecular weight is 257 g/mol. The third-order valence-corrected chi connectivity index (χ3v) is 3.69. The molecule has 0 aliphatic carbocycles. The average Bonchev–Trinajstić information content (AvgIpc) is 2.46. The van der Waals surface area contributed by atoms with E-state index in [1.54, 1.807) is 0 Å². The molecular weight excluding hydrogens is 234 g/mol. The van der Waals surface area contributed by atoms with Gasteiger partial charge in [-0.2, -0.15) is 0 Å². The monoisotopic (exact) mass is 257 g/mol. The molecule has 0 amide bonds. The van der Waals surface area contributed by atoms with E-state index < -0.39 is 0 Å². The van der Waals surface area contributed by atoms with E-state index in [4.69, 9.17) is 0 Å². The lowest BCUT2D eigenvalue weighted by atomic mass is 9.99. The normalized spacial score (nSPS) is 14.5. The van der Waals surface area contributed by atoms with E-state index >= 15 is 0 Å². The van der Waals surface area contributed by atoms with E-state index in [0.717, 1.165) is 19.4 Å². The van der Waals surface area contributed by atoms with Gasteiger partial charge in [-0.1, -0.05) is 49.4 Å². The van der Waals surface area contributed by atoms with Crippen LogP contribution in [-0.4, -0.2) is 17.8 Å². The third-order valence-electron chi connectivity index (χ3n) is 3.69. The molecule has 19 heavy (non-hydrogen) atoms. The summed E-state index contributed by atoms with van der Waals surface area (Å²) >= 11 is 0. The van der Waals surface area contributed by atoms with Crippen LogP contribution in [0, 0.1) is 0 Å². The molecule has 2 rings (SSSR count). The van der Waals surface area contributed by atoms with Crippen LogP contribution in [0.2, 0.25) is 0 Å². The van der Waals surface area contributed by atoms with Gasteiger partial charge in [0, 0.05) is 6.04 Å². The molecule has 2 unspecified atom stereocenters. The van der Waals surface area contributed by atoms with Crippen molar-refractivity contribution in [3.8, 4) is 0 Å². The Bertz CT molecular complexity index is 518. The zero-order valence-electron chi connectivity index (χ0n) is 11.8. The van der Waals surface area contributed by atoms with Crippen molar-refractivity contribution in [1.29, 1.82) is 0 Å². The van der Waals surface area contributed by atoms with Gasteiger partial charge in [-0.15, -0.1) is 0 Å². The third kappa shape index (κ3) is 3.55. The number of fused-ring (bicyclic) bond motifs is 1.